The Bertz CT molecular complexity index is 824. The molecular weight excluding hydrogens is 318 g/mol. The number of ether oxygens (including phenoxy) is 1. The lowest BCUT2D eigenvalue weighted by atomic mass is 9.97. The van der Waals surface area contributed by atoms with E-state index in [1.54, 1.807) is 12.3 Å². The van der Waals surface area contributed by atoms with Gasteiger partial charge in [0.25, 0.3) is 5.91 Å². The zero-order valence-corrected chi connectivity index (χ0v) is 13.7. The monoisotopic (exact) mass is 337 g/mol. The molecule has 2 amide bonds. The molecule has 2 aliphatic rings. The number of carbonyl (C=O) groups is 2. The molecule has 2 N–H and O–H groups in total. The maximum Gasteiger partial charge on any atom is 0.251 e. The van der Waals surface area contributed by atoms with Crippen LogP contribution in [0.5, 0.6) is 5.75 Å². The van der Waals surface area contributed by atoms with Gasteiger partial charge in [0.2, 0.25) is 5.91 Å². The first-order valence-corrected chi connectivity index (χ1v) is 8.46. The minimum atomic E-state index is -0.121. The number of hydrogen-bond donors (Lipinski definition) is 2. The van der Waals surface area contributed by atoms with E-state index in [1.807, 2.05) is 24.4 Å². The summed E-state index contributed by atoms with van der Waals surface area (Å²) in [6.45, 7) is 1.64. The van der Waals surface area contributed by atoms with E-state index < -0.39 is 0 Å². The maximum atomic E-state index is 12.4. The molecule has 6 nitrogen and oxygen atoms in total. The lowest BCUT2D eigenvalue weighted by Gasteiger charge is -2.23. The molecule has 0 saturated carbocycles. The summed E-state index contributed by atoms with van der Waals surface area (Å²) in [5, 5.41) is 5.78. The molecule has 0 spiro atoms. The van der Waals surface area contributed by atoms with Crippen LogP contribution in [0.25, 0.3) is 11.1 Å². The van der Waals surface area contributed by atoms with Gasteiger partial charge in [-0.1, -0.05) is 0 Å². The Hall–Kier alpha value is -2.89. The molecule has 1 aromatic carbocycles. The molecule has 2 aromatic rings. The standard InChI is InChI=1S/C19H19N3O3/c23-18-4-1-12(8-21-18)9-22-19(24)13-2-3-16-15-5-6-20-10-14(15)11-25-17(16)7-13/h2-3,5-7,10,12H,1,4,8-9,11H2,(H,21,23)(H,22,24). The van der Waals surface area contributed by atoms with E-state index >= 15 is 0 Å². The van der Waals surface area contributed by atoms with Crippen LogP contribution in [0.4, 0.5) is 0 Å². The van der Waals surface area contributed by atoms with Crippen LogP contribution in [0.3, 0.4) is 0 Å². The molecule has 4 rings (SSSR count). The quantitative estimate of drug-likeness (QED) is 0.896. The second-order valence-electron chi connectivity index (χ2n) is 6.45. The third-order valence-electron chi connectivity index (χ3n) is 4.74. The van der Waals surface area contributed by atoms with Crippen molar-refractivity contribution in [3.8, 4) is 16.9 Å². The van der Waals surface area contributed by atoms with Gasteiger partial charge in [-0.2, -0.15) is 0 Å². The molecule has 25 heavy (non-hydrogen) atoms. The van der Waals surface area contributed by atoms with Gasteiger partial charge in [0.05, 0.1) is 0 Å². The Balaban J connectivity index is 1.45. The van der Waals surface area contributed by atoms with Crippen LogP contribution in [0.15, 0.2) is 36.7 Å². The summed E-state index contributed by atoms with van der Waals surface area (Å²) in [5.41, 5.74) is 3.71. The largest absolute Gasteiger partial charge is 0.488 e. The third kappa shape index (κ3) is 3.20. The lowest BCUT2D eigenvalue weighted by Crippen LogP contribution is -2.40. The van der Waals surface area contributed by atoms with E-state index in [2.05, 4.69) is 15.6 Å². The van der Waals surface area contributed by atoms with Gasteiger partial charge in [0.15, 0.2) is 0 Å². The molecule has 1 saturated heterocycles. The first kappa shape index (κ1) is 15.6. The van der Waals surface area contributed by atoms with E-state index in [-0.39, 0.29) is 17.7 Å². The summed E-state index contributed by atoms with van der Waals surface area (Å²) in [7, 11) is 0. The molecule has 6 heteroatoms. The Labute approximate surface area is 145 Å². The van der Waals surface area contributed by atoms with Crippen molar-refractivity contribution in [1.29, 1.82) is 0 Å². The third-order valence-corrected chi connectivity index (χ3v) is 4.74. The van der Waals surface area contributed by atoms with Crippen LogP contribution in [-0.2, 0) is 11.4 Å². The van der Waals surface area contributed by atoms with Gasteiger partial charge in [0.1, 0.15) is 12.4 Å². The summed E-state index contributed by atoms with van der Waals surface area (Å²) in [6.07, 6.45) is 4.91. The molecule has 1 aromatic heterocycles. The van der Waals surface area contributed by atoms with E-state index in [4.69, 9.17) is 4.74 Å². The second-order valence-corrected chi connectivity index (χ2v) is 6.45. The van der Waals surface area contributed by atoms with Gasteiger partial charge >= 0.3 is 0 Å². The number of nitrogens with one attached hydrogen (secondary N) is 2. The molecule has 1 fully saturated rings. The van der Waals surface area contributed by atoms with Gasteiger partial charge in [-0.15, -0.1) is 0 Å². The van der Waals surface area contributed by atoms with Crippen LogP contribution >= 0.6 is 0 Å². The van der Waals surface area contributed by atoms with Crippen LogP contribution in [0.1, 0.15) is 28.8 Å². The van der Waals surface area contributed by atoms with Crippen molar-refractivity contribution in [3.05, 3.63) is 47.8 Å². The van der Waals surface area contributed by atoms with Crippen molar-refractivity contribution >= 4 is 11.8 Å². The molecule has 2 aliphatic heterocycles. The molecule has 0 aliphatic carbocycles. The molecule has 0 bridgehead atoms. The van der Waals surface area contributed by atoms with Crippen molar-refractivity contribution in [2.24, 2.45) is 5.92 Å². The molecule has 1 unspecified atom stereocenters. The van der Waals surface area contributed by atoms with Crippen molar-refractivity contribution in [2.75, 3.05) is 13.1 Å². The van der Waals surface area contributed by atoms with Crippen LogP contribution in [0, 0.1) is 5.92 Å². The minimum absolute atomic E-state index is 0.0879. The SMILES string of the molecule is O=C1CCC(CNC(=O)c2ccc3c(c2)OCc2cnccc2-3)CN1. The Kier molecular flexibility index (Phi) is 4.09. The van der Waals surface area contributed by atoms with Crippen molar-refractivity contribution < 1.29 is 14.3 Å². The number of rotatable bonds is 3. The number of amides is 2. The summed E-state index contributed by atoms with van der Waals surface area (Å²) in [5.74, 6) is 0.972. The zero-order chi connectivity index (χ0) is 17.2. The Morgan fingerprint density at radius 3 is 3.08 bits per heavy atom. The van der Waals surface area contributed by atoms with Crippen LogP contribution in [0.2, 0.25) is 0 Å². The summed E-state index contributed by atoms with van der Waals surface area (Å²) in [4.78, 5) is 27.7. The summed E-state index contributed by atoms with van der Waals surface area (Å²) < 4.78 is 5.78. The van der Waals surface area contributed by atoms with Crippen molar-refractivity contribution in [2.45, 2.75) is 19.4 Å². The van der Waals surface area contributed by atoms with Crippen molar-refractivity contribution in [3.63, 3.8) is 0 Å². The average Bonchev–Trinajstić information content (AvgIpc) is 2.66. The maximum absolute atomic E-state index is 12.4. The molecule has 1 atom stereocenters. The summed E-state index contributed by atoms with van der Waals surface area (Å²) >= 11 is 0. The number of aromatic nitrogens is 1. The second kappa shape index (κ2) is 6.55. The number of benzene rings is 1. The number of carbonyl (C=O) groups excluding carboxylic acids is 2. The highest BCUT2D eigenvalue weighted by Gasteiger charge is 2.21. The van der Waals surface area contributed by atoms with Gasteiger partial charge in [-0.25, -0.2) is 0 Å². The normalized spacial score (nSPS) is 18.4. The van der Waals surface area contributed by atoms with Gasteiger partial charge in [0, 0.05) is 48.6 Å². The van der Waals surface area contributed by atoms with Gasteiger partial charge in [-0.3, -0.25) is 14.6 Å². The fourth-order valence-electron chi connectivity index (χ4n) is 3.26. The predicted molar refractivity (Wildman–Crippen MR) is 92.1 cm³/mol. The highest BCUT2D eigenvalue weighted by atomic mass is 16.5. The van der Waals surface area contributed by atoms with E-state index in [1.165, 1.54) is 0 Å². The fourth-order valence-corrected chi connectivity index (χ4v) is 3.26. The Morgan fingerprint density at radius 2 is 2.24 bits per heavy atom. The number of nitrogens with zero attached hydrogens (tertiary/aromatic N) is 1. The first-order valence-electron chi connectivity index (χ1n) is 8.46. The van der Waals surface area contributed by atoms with Crippen molar-refractivity contribution in [1.82, 2.24) is 15.6 Å². The molecular formula is C19H19N3O3. The fraction of sp³-hybridized carbons (Fsp3) is 0.316. The van der Waals surface area contributed by atoms with E-state index in [0.29, 0.717) is 31.7 Å². The predicted octanol–water partition coefficient (Wildman–Crippen LogP) is 1.90. The average molecular weight is 337 g/mol. The molecule has 128 valence electrons. The number of hydrogen-bond acceptors (Lipinski definition) is 4. The lowest BCUT2D eigenvalue weighted by molar-refractivity contribution is -0.122. The van der Waals surface area contributed by atoms with Crippen LogP contribution in [-0.4, -0.2) is 29.9 Å². The number of pyridine rings is 1. The Morgan fingerprint density at radius 1 is 1.32 bits per heavy atom. The van der Waals surface area contributed by atoms with Gasteiger partial charge < -0.3 is 15.4 Å². The highest BCUT2D eigenvalue weighted by Crippen LogP contribution is 2.37. The molecule has 0 radical (unpaired) electrons. The smallest absolute Gasteiger partial charge is 0.251 e. The summed E-state index contributed by atoms with van der Waals surface area (Å²) in [6, 6.07) is 7.49. The number of fused-ring (bicyclic) bond motifs is 3. The first-order chi connectivity index (χ1) is 12.2. The topological polar surface area (TPSA) is 80.3 Å². The minimum Gasteiger partial charge on any atom is -0.488 e. The van der Waals surface area contributed by atoms with E-state index in [0.717, 1.165) is 28.9 Å². The van der Waals surface area contributed by atoms with Gasteiger partial charge in [-0.05, 0) is 42.2 Å². The molecule has 3 heterocycles. The number of piperidine rings is 1. The highest BCUT2D eigenvalue weighted by molar-refractivity contribution is 5.95. The zero-order valence-electron chi connectivity index (χ0n) is 13.7. The van der Waals surface area contributed by atoms with E-state index in [9.17, 15) is 9.59 Å². The van der Waals surface area contributed by atoms with Crippen LogP contribution < -0.4 is 15.4 Å².